The van der Waals surface area contributed by atoms with Gasteiger partial charge in [0.2, 0.25) is 0 Å². The lowest BCUT2D eigenvalue weighted by molar-refractivity contribution is 0.0222. The van der Waals surface area contributed by atoms with Gasteiger partial charge in [0.1, 0.15) is 12.5 Å². The van der Waals surface area contributed by atoms with E-state index >= 15 is 0 Å². The Kier molecular flexibility index (Phi) is 5.69. The van der Waals surface area contributed by atoms with Crippen molar-refractivity contribution in [3.05, 3.63) is 82.5 Å². The van der Waals surface area contributed by atoms with Crippen molar-refractivity contribution in [2.45, 2.75) is 32.9 Å². The maximum absolute atomic E-state index is 6.31. The highest BCUT2D eigenvalue weighted by atomic mass is 35.5. The van der Waals surface area contributed by atoms with Crippen molar-refractivity contribution in [3.63, 3.8) is 0 Å². The Hall–Kier alpha value is -2.79. The molecule has 0 saturated carbocycles. The van der Waals surface area contributed by atoms with Crippen LogP contribution in [-0.4, -0.2) is 22.2 Å². The number of fused-ring (bicyclic) bond motifs is 2. The number of hydrogen-bond acceptors (Lipinski definition) is 4. The molecular formula is C27H25Cl2N3O. The largest absolute Gasteiger partial charge is 0.477 e. The fourth-order valence-corrected chi connectivity index (χ4v) is 4.40. The van der Waals surface area contributed by atoms with Gasteiger partial charge in [-0.3, -0.25) is 9.88 Å². The van der Waals surface area contributed by atoms with Crippen molar-refractivity contribution >= 4 is 45.5 Å². The first-order valence-electron chi connectivity index (χ1n) is 10.9. The summed E-state index contributed by atoms with van der Waals surface area (Å²) in [6.07, 6.45) is 1.80. The molecule has 1 aromatic heterocycles. The summed E-state index contributed by atoms with van der Waals surface area (Å²) >= 11 is 12.3. The van der Waals surface area contributed by atoms with Gasteiger partial charge >= 0.3 is 0 Å². The molecule has 1 aliphatic heterocycles. The normalized spacial score (nSPS) is 14.1. The number of halogens is 2. The van der Waals surface area contributed by atoms with Crippen LogP contribution in [0.2, 0.25) is 10.0 Å². The minimum atomic E-state index is 0.00211. The lowest BCUT2D eigenvalue weighted by atomic mass is 9.97. The van der Waals surface area contributed by atoms with E-state index in [-0.39, 0.29) is 5.54 Å². The number of pyridine rings is 1. The summed E-state index contributed by atoms with van der Waals surface area (Å²) in [5.74, 6) is 0.926. The zero-order valence-electron chi connectivity index (χ0n) is 18.8. The molecule has 0 fully saturated rings. The fourth-order valence-electron chi connectivity index (χ4n) is 4.10. The van der Waals surface area contributed by atoms with E-state index < -0.39 is 0 Å². The number of aromatic nitrogens is 1. The predicted octanol–water partition coefficient (Wildman–Crippen LogP) is 7.90. The van der Waals surface area contributed by atoms with Crippen LogP contribution in [0.25, 0.3) is 22.0 Å². The van der Waals surface area contributed by atoms with Crippen LogP contribution in [0.1, 0.15) is 26.3 Å². The molecule has 168 valence electrons. The molecule has 4 nitrogen and oxygen atoms in total. The van der Waals surface area contributed by atoms with Crippen LogP contribution in [0.4, 0.5) is 11.4 Å². The lowest BCUT2D eigenvalue weighted by Crippen LogP contribution is -2.45. The summed E-state index contributed by atoms with van der Waals surface area (Å²) in [6, 6.07) is 19.9. The molecule has 6 heteroatoms. The molecule has 0 atom stereocenters. The molecule has 5 rings (SSSR count). The Morgan fingerprint density at radius 3 is 2.45 bits per heavy atom. The number of nitrogens with one attached hydrogen (secondary N) is 1. The third-order valence-corrected chi connectivity index (χ3v) is 6.47. The van der Waals surface area contributed by atoms with E-state index in [9.17, 15) is 0 Å². The molecule has 1 N–H and O–H groups in total. The van der Waals surface area contributed by atoms with Crippen molar-refractivity contribution < 1.29 is 4.74 Å². The average molecular weight is 478 g/mol. The topological polar surface area (TPSA) is 37.4 Å². The Labute approximate surface area is 204 Å². The second kappa shape index (κ2) is 8.53. The van der Waals surface area contributed by atoms with Gasteiger partial charge < -0.3 is 10.1 Å². The molecule has 2 heterocycles. The van der Waals surface area contributed by atoms with E-state index in [1.54, 1.807) is 6.20 Å². The highest BCUT2D eigenvalue weighted by molar-refractivity contribution is 6.31. The second-order valence-corrected chi connectivity index (χ2v) is 10.2. The smallest absolute Gasteiger partial charge is 0.142 e. The summed E-state index contributed by atoms with van der Waals surface area (Å²) in [4.78, 5) is 6.79. The van der Waals surface area contributed by atoms with Gasteiger partial charge in [-0.15, -0.1) is 0 Å². The third kappa shape index (κ3) is 4.51. The maximum atomic E-state index is 6.31. The van der Waals surface area contributed by atoms with E-state index in [0.717, 1.165) is 51.3 Å². The maximum Gasteiger partial charge on any atom is 0.142 e. The van der Waals surface area contributed by atoms with Gasteiger partial charge in [0.15, 0.2) is 0 Å². The molecule has 0 aliphatic carbocycles. The van der Waals surface area contributed by atoms with Crippen LogP contribution in [0.3, 0.4) is 0 Å². The number of rotatable bonds is 3. The van der Waals surface area contributed by atoms with Crippen LogP contribution >= 0.6 is 23.2 Å². The summed E-state index contributed by atoms with van der Waals surface area (Å²) in [6.45, 7) is 7.98. The predicted molar refractivity (Wildman–Crippen MR) is 138 cm³/mol. The second-order valence-electron chi connectivity index (χ2n) is 9.31. The van der Waals surface area contributed by atoms with Gasteiger partial charge in [-0.05, 0) is 74.9 Å². The molecule has 0 saturated heterocycles. The number of hydrogen-bond donors (Lipinski definition) is 1. The first-order valence-corrected chi connectivity index (χ1v) is 11.7. The van der Waals surface area contributed by atoms with Gasteiger partial charge in [0.05, 0.1) is 5.52 Å². The van der Waals surface area contributed by atoms with E-state index in [2.05, 4.69) is 48.1 Å². The van der Waals surface area contributed by atoms with Crippen molar-refractivity contribution in [2.24, 2.45) is 0 Å². The molecule has 0 unspecified atom stereocenters. The van der Waals surface area contributed by atoms with E-state index in [1.807, 2.05) is 48.5 Å². The molecule has 0 radical (unpaired) electrons. The monoisotopic (exact) mass is 477 g/mol. The van der Waals surface area contributed by atoms with Gasteiger partial charge in [0, 0.05) is 56.2 Å². The summed E-state index contributed by atoms with van der Waals surface area (Å²) in [5, 5.41) is 6.01. The van der Waals surface area contributed by atoms with E-state index in [0.29, 0.717) is 16.8 Å². The molecule has 0 spiro atoms. The highest BCUT2D eigenvalue weighted by Crippen LogP contribution is 2.41. The van der Waals surface area contributed by atoms with Gasteiger partial charge in [0.25, 0.3) is 0 Å². The standard InChI is InChI=1S/C27H25Cl2N3O/c1-27(2,3)32-15-18-12-21(31-24-10-11-30-25-13-20(29)8-9-22(24)25)14-23(26(18)33-16-32)17-4-6-19(28)7-5-17/h4-14H,15-16H2,1-3H3,(H,30,31). The number of nitrogens with zero attached hydrogens (tertiary/aromatic N) is 2. The average Bonchev–Trinajstić information content (AvgIpc) is 2.78. The summed E-state index contributed by atoms with van der Waals surface area (Å²) in [7, 11) is 0. The van der Waals surface area contributed by atoms with Crippen LogP contribution in [0.15, 0.2) is 66.9 Å². The number of benzene rings is 3. The van der Waals surface area contributed by atoms with Crippen molar-refractivity contribution in [1.29, 1.82) is 0 Å². The molecule has 33 heavy (non-hydrogen) atoms. The molecule has 0 amide bonds. The van der Waals surface area contributed by atoms with Gasteiger partial charge in [-0.25, -0.2) is 0 Å². The Morgan fingerprint density at radius 2 is 1.70 bits per heavy atom. The Balaban J connectivity index is 1.61. The summed E-state index contributed by atoms with van der Waals surface area (Å²) < 4.78 is 6.31. The fraction of sp³-hybridized carbons (Fsp3) is 0.222. The van der Waals surface area contributed by atoms with Crippen LogP contribution in [0.5, 0.6) is 5.75 Å². The minimum Gasteiger partial charge on any atom is -0.477 e. The van der Waals surface area contributed by atoms with Crippen molar-refractivity contribution in [1.82, 2.24) is 9.88 Å². The van der Waals surface area contributed by atoms with Crippen LogP contribution < -0.4 is 10.1 Å². The van der Waals surface area contributed by atoms with Crippen LogP contribution in [0, 0.1) is 0 Å². The third-order valence-electron chi connectivity index (χ3n) is 5.98. The summed E-state index contributed by atoms with van der Waals surface area (Å²) in [5.41, 5.74) is 6.07. The SMILES string of the molecule is CC(C)(C)N1COc2c(cc(Nc3ccnc4cc(Cl)ccc34)cc2-c2ccc(Cl)cc2)C1. The van der Waals surface area contributed by atoms with Crippen LogP contribution in [-0.2, 0) is 6.54 Å². The molecule has 0 bridgehead atoms. The number of anilines is 2. The Bertz CT molecular complexity index is 1330. The molecule has 3 aromatic carbocycles. The zero-order valence-corrected chi connectivity index (χ0v) is 20.3. The molecule has 1 aliphatic rings. The molecular weight excluding hydrogens is 453 g/mol. The van der Waals surface area contributed by atoms with E-state index in [4.69, 9.17) is 27.9 Å². The lowest BCUT2D eigenvalue weighted by Gasteiger charge is -2.39. The van der Waals surface area contributed by atoms with Gasteiger partial charge in [-0.2, -0.15) is 0 Å². The quantitative estimate of drug-likeness (QED) is 0.325. The first-order chi connectivity index (χ1) is 15.8. The number of ether oxygens (including phenoxy) is 1. The first kappa shape index (κ1) is 22.0. The van der Waals surface area contributed by atoms with Crippen molar-refractivity contribution in [3.8, 4) is 16.9 Å². The Morgan fingerprint density at radius 1 is 0.939 bits per heavy atom. The van der Waals surface area contributed by atoms with Crippen molar-refractivity contribution in [2.75, 3.05) is 12.0 Å². The zero-order chi connectivity index (χ0) is 23.2. The highest BCUT2D eigenvalue weighted by Gasteiger charge is 2.29. The molecule has 4 aromatic rings. The van der Waals surface area contributed by atoms with E-state index in [1.165, 1.54) is 0 Å². The minimum absolute atomic E-state index is 0.00211. The van der Waals surface area contributed by atoms with Gasteiger partial charge in [-0.1, -0.05) is 35.3 Å².